The Labute approximate surface area is 104 Å². The summed E-state index contributed by atoms with van der Waals surface area (Å²) in [7, 11) is 1.38. The molecule has 2 rings (SSSR count). The lowest BCUT2D eigenvalue weighted by Crippen LogP contribution is -2.27. The van der Waals surface area contributed by atoms with Crippen LogP contribution in [0.2, 0.25) is 0 Å². The highest BCUT2D eigenvalue weighted by atomic mass is 19.4. The molecular formula is C13H16F3NO. The highest BCUT2D eigenvalue weighted by Crippen LogP contribution is 2.35. The van der Waals surface area contributed by atoms with Crippen molar-refractivity contribution in [2.45, 2.75) is 31.5 Å². The number of hydrogen-bond donors (Lipinski definition) is 1. The van der Waals surface area contributed by atoms with E-state index >= 15 is 0 Å². The first-order valence-electron chi connectivity index (χ1n) is 6.00. The van der Waals surface area contributed by atoms with Crippen LogP contribution in [0.15, 0.2) is 18.2 Å². The first kappa shape index (κ1) is 13.2. The molecule has 0 unspecified atom stereocenters. The average molecular weight is 259 g/mol. The highest BCUT2D eigenvalue weighted by molar-refractivity contribution is 5.37. The van der Waals surface area contributed by atoms with Crippen LogP contribution in [0.3, 0.4) is 0 Å². The van der Waals surface area contributed by atoms with Gasteiger partial charge in [0.15, 0.2) is 0 Å². The maximum absolute atomic E-state index is 12.8. The molecule has 2 nitrogen and oxygen atoms in total. The minimum absolute atomic E-state index is 0.00468. The summed E-state index contributed by atoms with van der Waals surface area (Å²) < 4.78 is 43.3. The molecule has 1 fully saturated rings. The minimum Gasteiger partial charge on any atom is -0.497 e. The lowest BCUT2D eigenvalue weighted by Gasteiger charge is -2.25. The summed E-state index contributed by atoms with van der Waals surface area (Å²) in [5.74, 6) is 0.257. The van der Waals surface area contributed by atoms with Gasteiger partial charge in [-0.25, -0.2) is 0 Å². The smallest absolute Gasteiger partial charge is 0.416 e. The molecule has 0 bridgehead atoms. The van der Waals surface area contributed by atoms with Gasteiger partial charge in [-0.3, -0.25) is 0 Å². The van der Waals surface area contributed by atoms with E-state index in [-0.39, 0.29) is 11.8 Å². The van der Waals surface area contributed by atoms with E-state index in [1.54, 1.807) is 6.07 Å². The molecule has 5 heteroatoms. The van der Waals surface area contributed by atoms with Crippen molar-refractivity contribution >= 4 is 0 Å². The van der Waals surface area contributed by atoms with Gasteiger partial charge >= 0.3 is 6.18 Å². The van der Waals surface area contributed by atoms with Gasteiger partial charge in [0, 0.05) is 6.04 Å². The molecule has 0 amide bonds. The third kappa shape index (κ3) is 2.96. The van der Waals surface area contributed by atoms with Gasteiger partial charge in [-0.15, -0.1) is 0 Å². The van der Waals surface area contributed by atoms with E-state index in [2.05, 4.69) is 5.32 Å². The zero-order valence-corrected chi connectivity index (χ0v) is 10.2. The second kappa shape index (κ2) is 5.18. The summed E-state index contributed by atoms with van der Waals surface area (Å²) in [5.41, 5.74) is 0.00518. The van der Waals surface area contributed by atoms with Crippen LogP contribution in [0, 0.1) is 0 Å². The lowest BCUT2D eigenvalue weighted by molar-refractivity contribution is -0.137. The van der Waals surface area contributed by atoms with Gasteiger partial charge in [-0.1, -0.05) is 6.42 Å². The number of halogens is 3. The Kier molecular flexibility index (Phi) is 3.80. The van der Waals surface area contributed by atoms with Crippen LogP contribution >= 0.6 is 0 Å². The Morgan fingerprint density at radius 1 is 1.22 bits per heavy atom. The van der Waals surface area contributed by atoms with E-state index in [9.17, 15) is 13.2 Å². The van der Waals surface area contributed by atoms with Crippen molar-refractivity contribution in [2.24, 2.45) is 0 Å². The lowest BCUT2D eigenvalue weighted by atomic mass is 9.96. The molecule has 0 aliphatic carbocycles. The number of nitrogens with one attached hydrogen (secondary N) is 1. The fraction of sp³-hybridized carbons (Fsp3) is 0.538. The van der Waals surface area contributed by atoms with Gasteiger partial charge in [-0.05, 0) is 43.1 Å². The molecular weight excluding hydrogens is 243 g/mol. The van der Waals surface area contributed by atoms with Crippen molar-refractivity contribution in [3.8, 4) is 5.75 Å². The van der Waals surface area contributed by atoms with Gasteiger partial charge in [-0.2, -0.15) is 13.2 Å². The van der Waals surface area contributed by atoms with Crippen LogP contribution in [0.25, 0.3) is 0 Å². The zero-order chi connectivity index (χ0) is 13.2. The van der Waals surface area contributed by atoms with E-state index in [1.165, 1.54) is 13.2 Å². The molecule has 1 aliphatic rings. The van der Waals surface area contributed by atoms with E-state index in [0.717, 1.165) is 31.9 Å². The van der Waals surface area contributed by atoms with Crippen molar-refractivity contribution < 1.29 is 17.9 Å². The van der Waals surface area contributed by atoms with E-state index in [1.807, 2.05) is 0 Å². The SMILES string of the molecule is COc1cc([C@@H]2CCCCN2)cc(C(F)(F)F)c1. The van der Waals surface area contributed by atoms with E-state index in [4.69, 9.17) is 4.74 Å². The standard InChI is InChI=1S/C13H16F3NO/c1-18-11-7-9(12-4-2-3-5-17-12)6-10(8-11)13(14,15)16/h6-8,12,17H,2-5H2,1H3/t12-/m0/s1. The summed E-state index contributed by atoms with van der Waals surface area (Å²) in [6.45, 7) is 0.850. The monoisotopic (exact) mass is 259 g/mol. The van der Waals surface area contributed by atoms with Crippen LogP contribution in [0.1, 0.15) is 36.4 Å². The third-order valence-electron chi connectivity index (χ3n) is 3.20. The van der Waals surface area contributed by atoms with Crippen molar-refractivity contribution in [3.63, 3.8) is 0 Å². The summed E-state index contributed by atoms with van der Waals surface area (Å²) in [5, 5.41) is 3.24. The second-order valence-corrected chi connectivity index (χ2v) is 4.50. The molecule has 1 aromatic rings. The maximum Gasteiger partial charge on any atom is 0.416 e. The average Bonchev–Trinajstić information content (AvgIpc) is 2.38. The maximum atomic E-state index is 12.8. The number of hydrogen-bond acceptors (Lipinski definition) is 2. The Hall–Kier alpha value is -1.23. The Bertz CT molecular complexity index is 411. The van der Waals surface area contributed by atoms with Gasteiger partial charge in [0.2, 0.25) is 0 Å². The Balaban J connectivity index is 2.34. The first-order valence-corrected chi connectivity index (χ1v) is 6.00. The van der Waals surface area contributed by atoms with Gasteiger partial charge < -0.3 is 10.1 Å². The number of ether oxygens (including phenoxy) is 1. The Morgan fingerprint density at radius 3 is 2.56 bits per heavy atom. The molecule has 0 radical (unpaired) electrons. The third-order valence-corrected chi connectivity index (χ3v) is 3.20. The Morgan fingerprint density at radius 2 is 2.00 bits per heavy atom. The molecule has 1 heterocycles. The molecule has 18 heavy (non-hydrogen) atoms. The molecule has 0 saturated carbocycles. The molecule has 100 valence electrons. The molecule has 1 N–H and O–H groups in total. The normalized spacial score (nSPS) is 20.8. The summed E-state index contributed by atoms with van der Waals surface area (Å²) >= 11 is 0. The number of alkyl halides is 3. The van der Waals surface area contributed by atoms with E-state index < -0.39 is 11.7 Å². The molecule has 1 saturated heterocycles. The number of piperidine rings is 1. The largest absolute Gasteiger partial charge is 0.497 e. The molecule has 1 aliphatic heterocycles. The van der Waals surface area contributed by atoms with Gasteiger partial charge in [0.05, 0.1) is 12.7 Å². The topological polar surface area (TPSA) is 21.3 Å². The van der Waals surface area contributed by atoms with Crippen molar-refractivity contribution in [3.05, 3.63) is 29.3 Å². The van der Waals surface area contributed by atoms with Crippen LogP contribution in [-0.4, -0.2) is 13.7 Å². The van der Waals surface area contributed by atoms with Crippen LogP contribution in [0.5, 0.6) is 5.75 Å². The molecule has 1 atom stereocenters. The number of rotatable bonds is 2. The van der Waals surface area contributed by atoms with Crippen LogP contribution < -0.4 is 10.1 Å². The second-order valence-electron chi connectivity index (χ2n) is 4.50. The predicted molar refractivity (Wildman–Crippen MR) is 62.6 cm³/mol. The quantitative estimate of drug-likeness (QED) is 0.877. The first-order chi connectivity index (χ1) is 8.50. The van der Waals surface area contributed by atoms with E-state index in [0.29, 0.717) is 5.56 Å². The fourth-order valence-electron chi connectivity index (χ4n) is 2.24. The predicted octanol–water partition coefficient (Wildman–Crippen LogP) is 3.53. The molecule has 0 aromatic heterocycles. The van der Waals surface area contributed by atoms with Crippen molar-refractivity contribution in [2.75, 3.05) is 13.7 Å². The van der Waals surface area contributed by atoms with Crippen molar-refractivity contribution in [1.29, 1.82) is 0 Å². The van der Waals surface area contributed by atoms with Crippen molar-refractivity contribution in [1.82, 2.24) is 5.32 Å². The molecule has 1 aromatic carbocycles. The van der Waals surface area contributed by atoms with Crippen LogP contribution in [0.4, 0.5) is 13.2 Å². The van der Waals surface area contributed by atoms with Gasteiger partial charge in [0.1, 0.15) is 5.75 Å². The van der Waals surface area contributed by atoms with Crippen LogP contribution in [-0.2, 0) is 6.18 Å². The summed E-state index contributed by atoms with van der Waals surface area (Å²) in [6, 6.07) is 3.92. The highest BCUT2D eigenvalue weighted by Gasteiger charge is 2.32. The summed E-state index contributed by atoms with van der Waals surface area (Å²) in [4.78, 5) is 0. The number of methoxy groups -OCH3 is 1. The molecule has 0 spiro atoms. The fourth-order valence-corrected chi connectivity index (χ4v) is 2.24. The summed E-state index contributed by atoms with van der Waals surface area (Å²) in [6.07, 6.45) is -1.36. The zero-order valence-electron chi connectivity index (χ0n) is 10.2. The van der Waals surface area contributed by atoms with Gasteiger partial charge in [0.25, 0.3) is 0 Å². The minimum atomic E-state index is -4.34. The number of benzene rings is 1.